The van der Waals surface area contributed by atoms with E-state index < -0.39 is 4.92 Å². The smallest absolute Gasteiger partial charge is 0.292 e. The Balaban J connectivity index is 2.56. The monoisotopic (exact) mass is 224 g/mol. The Morgan fingerprint density at radius 3 is 2.81 bits per heavy atom. The van der Waals surface area contributed by atoms with E-state index in [-0.39, 0.29) is 11.4 Å². The van der Waals surface area contributed by atoms with Crippen LogP contribution in [-0.4, -0.2) is 11.5 Å². The third kappa shape index (κ3) is 3.51. The van der Waals surface area contributed by atoms with Crippen LogP contribution < -0.4 is 5.73 Å². The number of hydrogen-bond donors (Lipinski definition) is 1. The average Bonchev–Trinajstić information content (AvgIpc) is 2.24. The normalized spacial score (nSPS) is 10.3. The molecule has 0 bridgehead atoms. The van der Waals surface area contributed by atoms with Gasteiger partial charge in [0, 0.05) is 12.7 Å². The molecule has 0 amide bonds. The maximum atomic E-state index is 10.5. The van der Waals surface area contributed by atoms with Gasteiger partial charge in [0.05, 0.1) is 11.5 Å². The van der Waals surface area contributed by atoms with Gasteiger partial charge in [-0.2, -0.15) is 0 Å². The summed E-state index contributed by atoms with van der Waals surface area (Å²) in [5, 5.41) is 10.5. The van der Waals surface area contributed by atoms with Gasteiger partial charge in [0.1, 0.15) is 5.69 Å². The van der Waals surface area contributed by atoms with E-state index in [0.717, 1.165) is 18.4 Å². The van der Waals surface area contributed by atoms with Crippen molar-refractivity contribution in [2.75, 3.05) is 12.3 Å². The summed E-state index contributed by atoms with van der Waals surface area (Å²) in [7, 11) is 0. The number of nitrogens with two attached hydrogens (primary N) is 1. The fourth-order valence-corrected chi connectivity index (χ4v) is 1.30. The lowest BCUT2D eigenvalue weighted by Crippen LogP contribution is -1.99. The van der Waals surface area contributed by atoms with Crippen molar-refractivity contribution in [1.29, 1.82) is 0 Å². The van der Waals surface area contributed by atoms with Crippen LogP contribution in [0.1, 0.15) is 25.3 Å². The highest BCUT2D eigenvalue weighted by Crippen LogP contribution is 2.22. The number of unbranched alkanes of at least 4 members (excludes halogenated alkanes) is 1. The maximum absolute atomic E-state index is 10.5. The Morgan fingerprint density at radius 1 is 1.50 bits per heavy atom. The predicted molar refractivity (Wildman–Crippen MR) is 62.1 cm³/mol. The molecule has 0 aliphatic heterocycles. The molecule has 0 saturated carbocycles. The summed E-state index contributed by atoms with van der Waals surface area (Å²) in [5.74, 6) is 0. The topological polar surface area (TPSA) is 78.4 Å². The van der Waals surface area contributed by atoms with E-state index in [1.54, 1.807) is 12.1 Å². The van der Waals surface area contributed by atoms with Crippen molar-refractivity contribution in [1.82, 2.24) is 0 Å². The largest absolute Gasteiger partial charge is 0.393 e. The predicted octanol–water partition coefficient (Wildman–Crippen LogP) is 2.49. The Hall–Kier alpha value is -1.62. The highest BCUT2D eigenvalue weighted by Gasteiger charge is 2.10. The summed E-state index contributed by atoms with van der Waals surface area (Å²) in [4.78, 5) is 10.0. The standard InChI is InChI=1S/C11H16N2O3/c1-2-3-6-16-8-9-4-5-11(13(14)15)10(12)7-9/h4-5,7H,2-3,6,8,12H2,1H3. The van der Waals surface area contributed by atoms with Gasteiger partial charge >= 0.3 is 0 Å². The lowest BCUT2D eigenvalue weighted by molar-refractivity contribution is -0.383. The van der Waals surface area contributed by atoms with Crippen LogP contribution in [0.3, 0.4) is 0 Å². The summed E-state index contributed by atoms with van der Waals surface area (Å²) < 4.78 is 5.39. The minimum atomic E-state index is -0.489. The van der Waals surface area contributed by atoms with E-state index >= 15 is 0 Å². The van der Waals surface area contributed by atoms with Crippen molar-refractivity contribution in [3.8, 4) is 0 Å². The lowest BCUT2D eigenvalue weighted by Gasteiger charge is -2.04. The minimum Gasteiger partial charge on any atom is -0.393 e. The number of nitro benzene ring substituents is 1. The van der Waals surface area contributed by atoms with Crippen molar-refractivity contribution in [3.05, 3.63) is 33.9 Å². The molecule has 0 aromatic heterocycles. The Labute approximate surface area is 94.4 Å². The van der Waals surface area contributed by atoms with Gasteiger partial charge in [-0.3, -0.25) is 10.1 Å². The van der Waals surface area contributed by atoms with Gasteiger partial charge in [0.15, 0.2) is 0 Å². The van der Waals surface area contributed by atoms with Gasteiger partial charge < -0.3 is 10.5 Å². The highest BCUT2D eigenvalue weighted by molar-refractivity contribution is 5.59. The fraction of sp³-hybridized carbons (Fsp3) is 0.455. The molecule has 0 radical (unpaired) electrons. The Kier molecular flexibility index (Phi) is 4.72. The fourth-order valence-electron chi connectivity index (χ4n) is 1.30. The molecule has 0 spiro atoms. The molecule has 0 atom stereocenters. The molecule has 0 unspecified atom stereocenters. The molecular weight excluding hydrogens is 208 g/mol. The molecule has 0 aliphatic carbocycles. The third-order valence-electron chi connectivity index (χ3n) is 2.20. The molecule has 5 nitrogen and oxygen atoms in total. The molecule has 16 heavy (non-hydrogen) atoms. The highest BCUT2D eigenvalue weighted by atomic mass is 16.6. The summed E-state index contributed by atoms with van der Waals surface area (Å²) in [6.45, 7) is 3.24. The zero-order chi connectivity index (χ0) is 12.0. The SMILES string of the molecule is CCCCOCc1ccc([N+](=O)[O-])c(N)c1. The zero-order valence-corrected chi connectivity index (χ0v) is 9.31. The molecule has 0 aliphatic rings. The number of rotatable bonds is 6. The second-order valence-corrected chi connectivity index (χ2v) is 3.56. The van der Waals surface area contributed by atoms with Gasteiger partial charge in [-0.05, 0) is 24.1 Å². The van der Waals surface area contributed by atoms with E-state index in [1.165, 1.54) is 6.07 Å². The second-order valence-electron chi connectivity index (χ2n) is 3.56. The van der Waals surface area contributed by atoms with Crippen LogP contribution in [0.25, 0.3) is 0 Å². The molecule has 1 aromatic carbocycles. The molecule has 0 heterocycles. The molecule has 88 valence electrons. The first kappa shape index (κ1) is 12.4. The molecule has 0 fully saturated rings. The molecular formula is C11H16N2O3. The summed E-state index contributed by atoms with van der Waals surface area (Å²) in [6, 6.07) is 4.67. The molecule has 0 saturated heterocycles. The molecule has 1 rings (SSSR count). The van der Waals surface area contributed by atoms with Crippen molar-refractivity contribution >= 4 is 11.4 Å². The number of ether oxygens (including phenoxy) is 1. The van der Waals surface area contributed by atoms with E-state index in [4.69, 9.17) is 10.5 Å². The van der Waals surface area contributed by atoms with Crippen LogP contribution >= 0.6 is 0 Å². The van der Waals surface area contributed by atoms with Crippen LogP contribution in [0.2, 0.25) is 0 Å². The summed E-state index contributed by atoms with van der Waals surface area (Å²) in [5.41, 5.74) is 6.54. The first-order valence-corrected chi connectivity index (χ1v) is 5.25. The van der Waals surface area contributed by atoms with Crippen molar-refractivity contribution in [2.45, 2.75) is 26.4 Å². The third-order valence-corrected chi connectivity index (χ3v) is 2.20. The van der Waals surface area contributed by atoms with Crippen molar-refractivity contribution in [2.24, 2.45) is 0 Å². The number of nitrogen functional groups attached to an aromatic ring is 1. The van der Waals surface area contributed by atoms with Gasteiger partial charge in [0.25, 0.3) is 5.69 Å². The number of nitrogens with zero attached hydrogens (tertiary/aromatic N) is 1. The van der Waals surface area contributed by atoms with Gasteiger partial charge in [-0.15, -0.1) is 0 Å². The van der Waals surface area contributed by atoms with Gasteiger partial charge in [0.2, 0.25) is 0 Å². The maximum Gasteiger partial charge on any atom is 0.292 e. The van der Waals surface area contributed by atoms with Crippen LogP contribution in [-0.2, 0) is 11.3 Å². The van der Waals surface area contributed by atoms with Gasteiger partial charge in [-0.1, -0.05) is 13.3 Å². The Bertz CT molecular complexity index is 366. The van der Waals surface area contributed by atoms with E-state index in [2.05, 4.69) is 6.92 Å². The van der Waals surface area contributed by atoms with Crippen molar-refractivity contribution < 1.29 is 9.66 Å². The van der Waals surface area contributed by atoms with E-state index in [1.807, 2.05) is 0 Å². The van der Waals surface area contributed by atoms with E-state index in [0.29, 0.717) is 13.2 Å². The van der Waals surface area contributed by atoms with Crippen LogP contribution in [0.4, 0.5) is 11.4 Å². The second kappa shape index (κ2) is 6.07. The first-order valence-electron chi connectivity index (χ1n) is 5.25. The number of hydrogen-bond acceptors (Lipinski definition) is 4. The van der Waals surface area contributed by atoms with Crippen LogP contribution in [0.5, 0.6) is 0 Å². The van der Waals surface area contributed by atoms with E-state index in [9.17, 15) is 10.1 Å². The molecule has 5 heteroatoms. The zero-order valence-electron chi connectivity index (χ0n) is 9.31. The number of nitro groups is 1. The quantitative estimate of drug-likeness (QED) is 0.348. The lowest BCUT2D eigenvalue weighted by atomic mass is 10.2. The van der Waals surface area contributed by atoms with Crippen LogP contribution in [0, 0.1) is 10.1 Å². The summed E-state index contributed by atoms with van der Waals surface area (Å²) >= 11 is 0. The average molecular weight is 224 g/mol. The molecule has 1 aromatic rings. The van der Waals surface area contributed by atoms with Crippen molar-refractivity contribution in [3.63, 3.8) is 0 Å². The number of benzene rings is 1. The van der Waals surface area contributed by atoms with Crippen LogP contribution in [0.15, 0.2) is 18.2 Å². The Morgan fingerprint density at radius 2 is 2.25 bits per heavy atom. The first-order chi connectivity index (χ1) is 7.65. The minimum absolute atomic E-state index is 0.0580. The molecule has 2 N–H and O–H groups in total. The van der Waals surface area contributed by atoms with Gasteiger partial charge in [-0.25, -0.2) is 0 Å². The number of anilines is 1. The summed E-state index contributed by atoms with van der Waals surface area (Å²) in [6.07, 6.45) is 2.10.